The molecular weight excluding hydrogens is 341 g/mol. The fourth-order valence-electron chi connectivity index (χ4n) is 2.03. The molecule has 0 aliphatic rings. The van der Waals surface area contributed by atoms with Gasteiger partial charge in [0, 0.05) is 0 Å². The third-order valence-electron chi connectivity index (χ3n) is 3.10. The van der Waals surface area contributed by atoms with Gasteiger partial charge in [0.25, 0.3) is 10.0 Å². The molecular formula is C16H15ClFNO3S. The summed E-state index contributed by atoms with van der Waals surface area (Å²) in [7, 11) is -2.49. The minimum atomic E-state index is -3.93. The molecule has 0 aliphatic carbocycles. The second-order valence-corrected chi connectivity index (χ2v) is 6.87. The van der Waals surface area contributed by atoms with Crippen LogP contribution in [-0.4, -0.2) is 22.1 Å². The molecule has 0 N–H and O–H groups in total. The summed E-state index contributed by atoms with van der Waals surface area (Å²) in [6.45, 7) is 3.55. The number of sulfonamides is 1. The van der Waals surface area contributed by atoms with Crippen molar-refractivity contribution in [3.05, 3.63) is 66.0 Å². The number of hydrogen-bond donors (Lipinski definition) is 0. The normalized spacial score (nSPS) is 11.1. The van der Waals surface area contributed by atoms with Gasteiger partial charge in [-0.3, -0.25) is 4.31 Å². The van der Waals surface area contributed by atoms with Gasteiger partial charge >= 0.3 is 0 Å². The van der Waals surface area contributed by atoms with Gasteiger partial charge in [0.15, 0.2) is 0 Å². The zero-order valence-electron chi connectivity index (χ0n) is 12.4. The van der Waals surface area contributed by atoms with Crippen molar-refractivity contribution in [1.82, 2.24) is 0 Å². The molecule has 2 rings (SSSR count). The highest BCUT2D eigenvalue weighted by Crippen LogP contribution is 2.30. The molecule has 7 heteroatoms. The van der Waals surface area contributed by atoms with Crippen molar-refractivity contribution in [1.29, 1.82) is 0 Å². The lowest BCUT2D eigenvalue weighted by molar-refractivity contribution is 0.414. The van der Waals surface area contributed by atoms with Crippen LogP contribution in [0.1, 0.15) is 0 Å². The van der Waals surface area contributed by atoms with Gasteiger partial charge in [-0.15, -0.1) is 6.58 Å². The quantitative estimate of drug-likeness (QED) is 0.739. The van der Waals surface area contributed by atoms with Gasteiger partial charge in [-0.05, 0) is 36.4 Å². The van der Waals surface area contributed by atoms with Crippen molar-refractivity contribution < 1.29 is 17.5 Å². The number of rotatable bonds is 6. The topological polar surface area (TPSA) is 46.6 Å². The van der Waals surface area contributed by atoms with E-state index in [1.54, 1.807) is 0 Å². The van der Waals surface area contributed by atoms with Crippen LogP contribution in [-0.2, 0) is 10.0 Å². The van der Waals surface area contributed by atoms with Crippen molar-refractivity contribution in [3.8, 4) is 5.75 Å². The van der Waals surface area contributed by atoms with E-state index < -0.39 is 15.8 Å². The summed E-state index contributed by atoms with van der Waals surface area (Å²) in [6.07, 6.45) is 1.42. The molecule has 0 saturated carbocycles. The molecule has 2 aromatic rings. The van der Waals surface area contributed by atoms with Crippen LogP contribution in [0.25, 0.3) is 0 Å². The third kappa shape index (κ3) is 3.65. The van der Waals surface area contributed by atoms with Crippen LogP contribution in [0.15, 0.2) is 60.0 Å². The van der Waals surface area contributed by atoms with E-state index in [2.05, 4.69) is 6.58 Å². The molecule has 0 bridgehead atoms. The van der Waals surface area contributed by atoms with Crippen LogP contribution < -0.4 is 9.04 Å². The Hall–Kier alpha value is -2.05. The zero-order chi connectivity index (χ0) is 17.0. The van der Waals surface area contributed by atoms with E-state index in [1.165, 1.54) is 49.6 Å². The SMILES string of the molecule is C=CCN(c1cccc(F)c1)S(=O)(=O)c1ccc(OC)c(Cl)c1. The first-order valence-corrected chi connectivity index (χ1v) is 8.44. The van der Waals surface area contributed by atoms with E-state index >= 15 is 0 Å². The minimum Gasteiger partial charge on any atom is -0.495 e. The molecule has 0 aromatic heterocycles. The Labute approximate surface area is 139 Å². The van der Waals surface area contributed by atoms with Crippen LogP contribution in [0.4, 0.5) is 10.1 Å². The Kier molecular flexibility index (Phi) is 5.28. The molecule has 0 spiro atoms. The largest absolute Gasteiger partial charge is 0.495 e. The second-order valence-electron chi connectivity index (χ2n) is 4.60. The maximum atomic E-state index is 13.4. The standard InChI is InChI=1S/C16H15ClFNO3S/c1-3-9-19(13-6-4-5-12(18)10-13)23(20,21)14-7-8-16(22-2)15(17)11-14/h3-8,10-11H,1,9H2,2H3. The molecule has 0 atom stereocenters. The zero-order valence-corrected chi connectivity index (χ0v) is 13.9. The van der Waals surface area contributed by atoms with Gasteiger partial charge in [-0.1, -0.05) is 23.7 Å². The lowest BCUT2D eigenvalue weighted by Crippen LogP contribution is -2.31. The summed E-state index contributed by atoms with van der Waals surface area (Å²) in [6, 6.07) is 9.48. The molecule has 0 aliphatic heterocycles. The minimum absolute atomic E-state index is 0.00453. The van der Waals surface area contributed by atoms with Gasteiger partial charge in [0.1, 0.15) is 11.6 Å². The van der Waals surface area contributed by atoms with Crippen LogP contribution in [0.5, 0.6) is 5.75 Å². The number of halogens is 2. The molecule has 0 unspecified atom stereocenters. The van der Waals surface area contributed by atoms with E-state index in [4.69, 9.17) is 16.3 Å². The van der Waals surface area contributed by atoms with Crippen LogP contribution >= 0.6 is 11.6 Å². The molecule has 23 heavy (non-hydrogen) atoms. The fraction of sp³-hybridized carbons (Fsp3) is 0.125. The Morgan fingerprint density at radius 3 is 2.61 bits per heavy atom. The van der Waals surface area contributed by atoms with E-state index in [0.29, 0.717) is 5.75 Å². The number of benzene rings is 2. The highest BCUT2D eigenvalue weighted by Gasteiger charge is 2.25. The van der Waals surface area contributed by atoms with E-state index in [-0.39, 0.29) is 22.2 Å². The third-order valence-corrected chi connectivity index (χ3v) is 5.19. The van der Waals surface area contributed by atoms with Gasteiger partial charge < -0.3 is 4.74 Å². The maximum Gasteiger partial charge on any atom is 0.264 e. The predicted octanol–water partition coefficient (Wildman–Crippen LogP) is 3.87. The monoisotopic (exact) mass is 355 g/mol. The Morgan fingerprint density at radius 2 is 2.04 bits per heavy atom. The molecule has 0 saturated heterocycles. The summed E-state index contributed by atoms with van der Waals surface area (Å²) in [5.74, 6) is -0.161. The summed E-state index contributed by atoms with van der Waals surface area (Å²) in [5, 5.41) is 0.173. The maximum absolute atomic E-state index is 13.4. The Bertz CT molecular complexity index is 824. The van der Waals surface area contributed by atoms with Crippen LogP contribution in [0.2, 0.25) is 5.02 Å². The van der Waals surface area contributed by atoms with Crippen molar-refractivity contribution in [2.24, 2.45) is 0 Å². The van der Waals surface area contributed by atoms with Crippen molar-refractivity contribution in [3.63, 3.8) is 0 Å². The predicted molar refractivity (Wildman–Crippen MR) is 89.1 cm³/mol. The smallest absolute Gasteiger partial charge is 0.264 e. The molecule has 0 heterocycles. The molecule has 2 aromatic carbocycles. The lowest BCUT2D eigenvalue weighted by atomic mass is 10.3. The number of hydrogen-bond acceptors (Lipinski definition) is 3. The summed E-state index contributed by atoms with van der Waals surface area (Å²) in [4.78, 5) is -0.0191. The number of nitrogens with zero attached hydrogens (tertiary/aromatic N) is 1. The highest BCUT2D eigenvalue weighted by molar-refractivity contribution is 7.92. The van der Waals surface area contributed by atoms with E-state index in [0.717, 1.165) is 10.4 Å². The van der Waals surface area contributed by atoms with Gasteiger partial charge in [-0.25, -0.2) is 12.8 Å². The summed E-state index contributed by atoms with van der Waals surface area (Å²) in [5.41, 5.74) is 0.205. The molecule has 4 nitrogen and oxygen atoms in total. The summed E-state index contributed by atoms with van der Waals surface area (Å²) < 4.78 is 45.2. The first-order valence-electron chi connectivity index (χ1n) is 6.63. The first kappa shape index (κ1) is 17.3. The molecule has 0 amide bonds. The van der Waals surface area contributed by atoms with E-state index in [1.807, 2.05) is 0 Å². The second kappa shape index (κ2) is 7.02. The number of ether oxygens (including phenoxy) is 1. The molecule has 0 radical (unpaired) electrons. The van der Waals surface area contributed by atoms with Crippen LogP contribution in [0, 0.1) is 5.82 Å². The van der Waals surface area contributed by atoms with Crippen molar-refractivity contribution >= 4 is 27.3 Å². The van der Waals surface area contributed by atoms with Crippen molar-refractivity contribution in [2.45, 2.75) is 4.90 Å². The molecule has 122 valence electrons. The average molecular weight is 356 g/mol. The van der Waals surface area contributed by atoms with Crippen LogP contribution in [0.3, 0.4) is 0 Å². The van der Waals surface area contributed by atoms with Crippen molar-refractivity contribution in [2.75, 3.05) is 18.0 Å². The molecule has 0 fully saturated rings. The van der Waals surface area contributed by atoms with Gasteiger partial charge in [0.05, 0.1) is 29.3 Å². The lowest BCUT2D eigenvalue weighted by Gasteiger charge is -2.23. The highest BCUT2D eigenvalue weighted by atomic mass is 35.5. The Balaban J connectivity index is 2.53. The average Bonchev–Trinajstić information content (AvgIpc) is 2.52. The number of methoxy groups -OCH3 is 1. The Morgan fingerprint density at radius 1 is 1.30 bits per heavy atom. The fourth-order valence-corrected chi connectivity index (χ4v) is 3.80. The summed E-state index contributed by atoms with van der Waals surface area (Å²) >= 11 is 6.00. The first-order chi connectivity index (χ1) is 10.9. The van der Waals surface area contributed by atoms with E-state index in [9.17, 15) is 12.8 Å². The van der Waals surface area contributed by atoms with Gasteiger partial charge in [0.2, 0.25) is 0 Å². The van der Waals surface area contributed by atoms with Gasteiger partial charge in [-0.2, -0.15) is 0 Å². The number of anilines is 1.